The van der Waals surface area contributed by atoms with Gasteiger partial charge in [-0.05, 0) is 11.6 Å². The Labute approximate surface area is 99.6 Å². The maximum atomic E-state index is 4.31. The van der Waals surface area contributed by atoms with Crippen LogP contribution in [0, 0.1) is 0 Å². The fourth-order valence-electron chi connectivity index (χ4n) is 1.50. The van der Waals surface area contributed by atoms with Gasteiger partial charge in [0.25, 0.3) is 0 Å². The van der Waals surface area contributed by atoms with E-state index in [1.165, 1.54) is 10.6 Å². The van der Waals surface area contributed by atoms with Crippen LogP contribution >= 0.6 is 11.3 Å². The Balaban J connectivity index is 1.76. The van der Waals surface area contributed by atoms with E-state index in [-0.39, 0.29) is 0 Å². The molecular formula is C12H15N3S. The molecule has 0 amide bonds. The molecule has 0 aliphatic heterocycles. The number of pyridine rings is 1. The first-order valence-corrected chi connectivity index (χ1v) is 6.23. The molecular weight excluding hydrogens is 218 g/mol. The van der Waals surface area contributed by atoms with E-state index in [1.54, 1.807) is 17.5 Å². The van der Waals surface area contributed by atoms with Crippen molar-refractivity contribution in [2.45, 2.75) is 19.4 Å². The predicted octanol–water partition coefficient (Wildman–Crippen LogP) is 2.43. The summed E-state index contributed by atoms with van der Waals surface area (Å²) in [6, 6.07) is 4.04. The van der Waals surface area contributed by atoms with Crippen molar-refractivity contribution in [2.75, 3.05) is 6.54 Å². The maximum absolute atomic E-state index is 4.31. The lowest BCUT2D eigenvalue weighted by atomic mass is 10.2. The molecule has 2 heterocycles. The number of nitrogens with zero attached hydrogens (tertiary/aromatic N) is 2. The molecule has 1 N–H and O–H groups in total. The van der Waals surface area contributed by atoms with Crippen LogP contribution < -0.4 is 5.32 Å². The van der Waals surface area contributed by atoms with E-state index in [9.17, 15) is 0 Å². The number of rotatable bonds is 5. The van der Waals surface area contributed by atoms with Gasteiger partial charge in [-0.25, -0.2) is 4.98 Å². The van der Waals surface area contributed by atoms with Gasteiger partial charge in [-0.15, -0.1) is 11.3 Å². The average molecular weight is 233 g/mol. The summed E-state index contributed by atoms with van der Waals surface area (Å²) in [5.41, 5.74) is 1.22. The first-order chi connectivity index (χ1) is 7.86. The van der Waals surface area contributed by atoms with Crippen molar-refractivity contribution in [1.29, 1.82) is 0 Å². The van der Waals surface area contributed by atoms with Gasteiger partial charge < -0.3 is 5.32 Å². The third-order valence-corrected chi connectivity index (χ3v) is 3.38. The highest BCUT2D eigenvalue weighted by atomic mass is 32.1. The van der Waals surface area contributed by atoms with Crippen LogP contribution in [0.3, 0.4) is 0 Å². The van der Waals surface area contributed by atoms with Gasteiger partial charge in [-0.2, -0.15) is 0 Å². The highest BCUT2D eigenvalue weighted by molar-refractivity contribution is 7.09. The van der Waals surface area contributed by atoms with Crippen LogP contribution in [0.5, 0.6) is 0 Å². The number of aromatic nitrogens is 2. The summed E-state index contributed by atoms with van der Waals surface area (Å²) in [6.45, 7) is 4.00. The molecule has 0 aliphatic carbocycles. The third-order valence-electron chi connectivity index (χ3n) is 2.38. The summed E-state index contributed by atoms with van der Waals surface area (Å²) < 4.78 is 0. The fraction of sp³-hybridized carbons (Fsp3) is 0.333. The van der Waals surface area contributed by atoms with Gasteiger partial charge in [0.1, 0.15) is 0 Å². The van der Waals surface area contributed by atoms with Gasteiger partial charge in [0.05, 0.1) is 5.01 Å². The number of hydrogen-bond acceptors (Lipinski definition) is 4. The van der Waals surface area contributed by atoms with E-state index < -0.39 is 0 Å². The van der Waals surface area contributed by atoms with Crippen LogP contribution in [0.25, 0.3) is 0 Å². The molecule has 0 radical (unpaired) electrons. The Hall–Kier alpha value is -1.26. The summed E-state index contributed by atoms with van der Waals surface area (Å²) in [4.78, 5) is 8.39. The second-order valence-electron chi connectivity index (χ2n) is 3.76. The molecule has 2 aromatic rings. The number of hydrogen-bond donors (Lipinski definition) is 1. The highest BCUT2D eigenvalue weighted by Crippen LogP contribution is 2.16. The smallest absolute Gasteiger partial charge is 0.0965 e. The standard InChI is InChI=1S/C12H15N3S/c1-10(12-15-5-6-16-12)7-14-9-11-3-2-4-13-8-11/h2-6,8,10,14H,7,9H2,1H3. The van der Waals surface area contributed by atoms with Crippen molar-refractivity contribution >= 4 is 11.3 Å². The number of thiazole rings is 1. The summed E-state index contributed by atoms with van der Waals surface area (Å²) in [5, 5.41) is 6.63. The zero-order valence-electron chi connectivity index (χ0n) is 9.26. The SMILES string of the molecule is CC(CNCc1cccnc1)c1nccs1. The van der Waals surface area contributed by atoms with Gasteiger partial charge in [0.15, 0.2) is 0 Å². The third kappa shape index (κ3) is 3.12. The normalized spacial score (nSPS) is 12.6. The topological polar surface area (TPSA) is 37.8 Å². The molecule has 1 atom stereocenters. The maximum Gasteiger partial charge on any atom is 0.0965 e. The first kappa shape index (κ1) is 11.2. The van der Waals surface area contributed by atoms with Crippen LogP contribution in [0.4, 0.5) is 0 Å². The van der Waals surface area contributed by atoms with Crippen molar-refractivity contribution in [3.05, 3.63) is 46.7 Å². The fourth-order valence-corrected chi connectivity index (χ4v) is 2.20. The lowest BCUT2D eigenvalue weighted by Crippen LogP contribution is -2.19. The molecule has 0 spiro atoms. The van der Waals surface area contributed by atoms with Crippen molar-refractivity contribution in [1.82, 2.24) is 15.3 Å². The molecule has 2 rings (SSSR count). The molecule has 2 aromatic heterocycles. The largest absolute Gasteiger partial charge is 0.312 e. The molecule has 84 valence electrons. The van der Waals surface area contributed by atoms with Crippen LogP contribution in [-0.2, 0) is 6.54 Å². The van der Waals surface area contributed by atoms with Crippen LogP contribution in [0.2, 0.25) is 0 Å². The number of nitrogens with one attached hydrogen (secondary N) is 1. The Morgan fingerprint density at radius 1 is 1.44 bits per heavy atom. The van der Waals surface area contributed by atoms with Gasteiger partial charge in [0.2, 0.25) is 0 Å². The Morgan fingerprint density at radius 3 is 3.06 bits per heavy atom. The van der Waals surface area contributed by atoms with Gasteiger partial charge in [-0.3, -0.25) is 4.98 Å². The van der Waals surface area contributed by atoms with Crippen molar-refractivity contribution in [3.63, 3.8) is 0 Å². The van der Waals surface area contributed by atoms with Crippen LogP contribution in [0.15, 0.2) is 36.1 Å². The molecule has 0 saturated heterocycles. The summed E-state index contributed by atoms with van der Waals surface area (Å²) in [5.74, 6) is 0.469. The minimum atomic E-state index is 0.469. The lowest BCUT2D eigenvalue weighted by Gasteiger charge is -2.09. The minimum absolute atomic E-state index is 0.469. The Bertz CT molecular complexity index is 399. The molecule has 0 bridgehead atoms. The van der Waals surface area contributed by atoms with Gasteiger partial charge in [-0.1, -0.05) is 13.0 Å². The second-order valence-corrected chi connectivity index (χ2v) is 4.69. The zero-order chi connectivity index (χ0) is 11.2. The van der Waals surface area contributed by atoms with Crippen LogP contribution in [0.1, 0.15) is 23.4 Å². The van der Waals surface area contributed by atoms with Crippen LogP contribution in [-0.4, -0.2) is 16.5 Å². The zero-order valence-corrected chi connectivity index (χ0v) is 10.1. The molecule has 0 fully saturated rings. The van der Waals surface area contributed by atoms with Crippen molar-refractivity contribution in [2.24, 2.45) is 0 Å². The monoisotopic (exact) mass is 233 g/mol. The average Bonchev–Trinajstić information content (AvgIpc) is 2.84. The molecule has 0 aliphatic rings. The Morgan fingerprint density at radius 2 is 2.38 bits per heavy atom. The molecule has 16 heavy (non-hydrogen) atoms. The van der Waals surface area contributed by atoms with E-state index in [0.717, 1.165) is 13.1 Å². The lowest BCUT2D eigenvalue weighted by molar-refractivity contribution is 0.612. The summed E-state index contributed by atoms with van der Waals surface area (Å²) >= 11 is 1.71. The van der Waals surface area contributed by atoms with Gasteiger partial charge >= 0.3 is 0 Å². The van der Waals surface area contributed by atoms with E-state index in [1.807, 2.05) is 23.8 Å². The molecule has 3 nitrogen and oxygen atoms in total. The van der Waals surface area contributed by atoms with E-state index in [4.69, 9.17) is 0 Å². The molecule has 4 heteroatoms. The van der Waals surface area contributed by atoms with Crippen molar-refractivity contribution < 1.29 is 0 Å². The summed E-state index contributed by atoms with van der Waals surface area (Å²) in [7, 11) is 0. The summed E-state index contributed by atoms with van der Waals surface area (Å²) in [6.07, 6.45) is 5.54. The first-order valence-electron chi connectivity index (χ1n) is 5.35. The molecule has 1 unspecified atom stereocenters. The quantitative estimate of drug-likeness (QED) is 0.862. The van der Waals surface area contributed by atoms with E-state index >= 15 is 0 Å². The minimum Gasteiger partial charge on any atom is -0.312 e. The predicted molar refractivity (Wildman–Crippen MR) is 66.5 cm³/mol. The van der Waals surface area contributed by atoms with E-state index in [0.29, 0.717) is 5.92 Å². The highest BCUT2D eigenvalue weighted by Gasteiger charge is 2.06. The molecule has 0 saturated carbocycles. The Kier molecular flexibility index (Phi) is 4.02. The van der Waals surface area contributed by atoms with Gasteiger partial charge in [0, 0.05) is 43.0 Å². The second kappa shape index (κ2) is 5.72. The molecule has 0 aromatic carbocycles. The van der Waals surface area contributed by atoms with Crippen molar-refractivity contribution in [3.8, 4) is 0 Å². The van der Waals surface area contributed by atoms with E-state index in [2.05, 4.69) is 28.3 Å².